The van der Waals surface area contributed by atoms with Crippen molar-refractivity contribution in [2.24, 2.45) is 28.1 Å². The molecule has 0 aromatic carbocycles. The molecule has 1 unspecified atom stereocenters. The summed E-state index contributed by atoms with van der Waals surface area (Å²) in [6.45, 7) is 7.04. The molecule has 0 aromatic heterocycles. The zero-order valence-electron chi connectivity index (χ0n) is 9.95. The van der Waals surface area contributed by atoms with Gasteiger partial charge in [-0.2, -0.15) is 0 Å². The Morgan fingerprint density at radius 2 is 1.87 bits per heavy atom. The van der Waals surface area contributed by atoms with Gasteiger partial charge in [0.1, 0.15) is 0 Å². The Bertz CT molecular complexity index is 312. The van der Waals surface area contributed by atoms with Crippen LogP contribution in [0, 0.1) is 28.1 Å². The van der Waals surface area contributed by atoms with Gasteiger partial charge in [0.05, 0.1) is 6.10 Å². The van der Waals surface area contributed by atoms with Gasteiger partial charge < -0.3 is 10.2 Å². The molecule has 2 N–H and O–H groups in total. The van der Waals surface area contributed by atoms with Crippen LogP contribution in [-0.2, 0) is 0 Å². The number of rotatable bonds is 1. The normalized spacial score (nSPS) is 60.2. The van der Waals surface area contributed by atoms with Gasteiger partial charge in [-0.15, -0.1) is 0 Å². The third-order valence-corrected chi connectivity index (χ3v) is 6.17. The summed E-state index contributed by atoms with van der Waals surface area (Å²) in [5.74, 6) is 0.639. The van der Waals surface area contributed by atoms with Crippen molar-refractivity contribution in [3.05, 3.63) is 0 Å². The number of aliphatic hydroxyl groups excluding tert-OH is 2. The van der Waals surface area contributed by atoms with Crippen molar-refractivity contribution < 1.29 is 10.2 Å². The molecule has 2 heteroatoms. The molecule has 0 saturated heterocycles. The molecular weight excluding hydrogens is 188 g/mol. The predicted molar refractivity (Wildman–Crippen MR) is 58.2 cm³/mol. The summed E-state index contributed by atoms with van der Waals surface area (Å²) in [7, 11) is 0. The Morgan fingerprint density at radius 3 is 2.47 bits per heavy atom. The molecule has 1 spiro atoms. The van der Waals surface area contributed by atoms with E-state index in [-0.39, 0.29) is 29.0 Å². The predicted octanol–water partition coefficient (Wildman–Crippen LogP) is 1.80. The van der Waals surface area contributed by atoms with E-state index in [1.54, 1.807) is 0 Å². The molecular formula is C13H22O2. The van der Waals surface area contributed by atoms with Crippen LogP contribution >= 0.6 is 0 Å². The summed E-state index contributed by atoms with van der Waals surface area (Å²) in [5.41, 5.74) is 0.620. The van der Waals surface area contributed by atoms with Crippen molar-refractivity contribution in [2.75, 3.05) is 6.61 Å². The van der Waals surface area contributed by atoms with Crippen LogP contribution in [0.5, 0.6) is 0 Å². The third-order valence-electron chi connectivity index (χ3n) is 6.17. The van der Waals surface area contributed by atoms with Gasteiger partial charge >= 0.3 is 0 Å². The van der Waals surface area contributed by atoms with E-state index in [1.165, 1.54) is 6.42 Å². The first-order valence-electron chi connectivity index (χ1n) is 6.18. The molecule has 3 aliphatic rings. The first-order valence-corrected chi connectivity index (χ1v) is 6.18. The van der Waals surface area contributed by atoms with Gasteiger partial charge in [0.15, 0.2) is 0 Å². The summed E-state index contributed by atoms with van der Waals surface area (Å²) in [6.07, 6.45) is 3.34. The molecule has 5 atom stereocenters. The molecule has 2 bridgehead atoms. The summed E-state index contributed by atoms with van der Waals surface area (Å²) in [5, 5.41) is 20.1. The average Bonchev–Trinajstić information content (AvgIpc) is 2.72. The van der Waals surface area contributed by atoms with Crippen LogP contribution in [0.2, 0.25) is 0 Å². The molecule has 15 heavy (non-hydrogen) atoms. The van der Waals surface area contributed by atoms with Gasteiger partial charge in [0.25, 0.3) is 0 Å². The molecule has 0 radical (unpaired) electrons. The second-order valence-corrected chi connectivity index (χ2v) is 7.00. The topological polar surface area (TPSA) is 40.5 Å². The Morgan fingerprint density at radius 1 is 1.20 bits per heavy atom. The molecule has 86 valence electrons. The van der Waals surface area contributed by atoms with E-state index >= 15 is 0 Å². The lowest BCUT2D eigenvalue weighted by Gasteiger charge is -2.44. The van der Waals surface area contributed by atoms with Crippen LogP contribution < -0.4 is 0 Å². The van der Waals surface area contributed by atoms with E-state index in [1.807, 2.05) is 0 Å². The van der Waals surface area contributed by atoms with Crippen LogP contribution in [0.25, 0.3) is 0 Å². The van der Waals surface area contributed by atoms with Crippen LogP contribution in [0.15, 0.2) is 0 Å². The molecule has 0 heterocycles. The summed E-state index contributed by atoms with van der Waals surface area (Å²) >= 11 is 0. The number of hydrogen-bond donors (Lipinski definition) is 2. The van der Waals surface area contributed by atoms with Gasteiger partial charge in [-0.3, -0.25) is 0 Å². The van der Waals surface area contributed by atoms with Crippen molar-refractivity contribution in [1.82, 2.24) is 0 Å². The van der Waals surface area contributed by atoms with Crippen LogP contribution in [0.3, 0.4) is 0 Å². The second kappa shape index (κ2) is 2.43. The maximum absolute atomic E-state index is 10.5. The lowest BCUT2D eigenvalue weighted by Crippen LogP contribution is -2.44. The van der Waals surface area contributed by atoms with E-state index in [4.69, 9.17) is 0 Å². The summed E-state index contributed by atoms with van der Waals surface area (Å²) in [4.78, 5) is 0. The maximum atomic E-state index is 10.5. The molecule has 3 fully saturated rings. The largest absolute Gasteiger partial charge is 0.396 e. The summed E-state index contributed by atoms with van der Waals surface area (Å²) < 4.78 is 0. The van der Waals surface area contributed by atoms with Crippen molar-refractivity contribution in [3.8, 4) is 0 Å². The first-order chi connectivity index (χ1) is 6.89. The highest BCUT2D eigenvalue weighted by atomic mass is 16.3. The quantitative estimate of drug-likeness (QED) is 0.693. The van der Waals surface area contributed by atoms with E-state index in [2.05, 4.69) is 20.8 Å². The average molecular weight is 210 g/mol. The van der Waals surface area contributed by atoms with Crippen LogP contribution in [0.4, 0.5) is 0 Å². The Hall–Kier alpha value is -0.0800. The van der Waals surface area contributed by atoms with Gasteiger partial charge in [-0.1, -0.05) is 20.8 Å². The lowest BCUT2D eigenvalue weighted by atomic mass is 9.63. The fourth-order valence-corrected chi connectivity index (χ4v) is 5.03. The highest BCUT2D eigenvalue weighted by Crippen LogP contribution is 2.83. The van der Waals surface area contributed by atoms with Crippen molar-refractivity contribution in [1.29, 1.82) is 0 Å². The fraction of sp³-hybridized carbons (Fsp3) is 1.00. The van der Waals surface area contributed by atoms with Gasteiger partial charge in [-0.05, 0) is 41.9 Å². The molecule has 3 aliphatic carbocycles. The second-order valence-electron chi connectivity index (χ2n) is 7.00. The van der Waals surface area contributed by atoms with Crippen molar-refractivity contribution in [3.63, 3.8) is 0 Å². The Balaban J connectivity index is 2.06. The Kier molecular flexibility index (Phi) is 1.64. The van der Waals surface area contributed by atoms with Crippen molar-refractivity contribution >= 4 is 0 Å². The number of aliphatic hydroxyl groups is 2. The standard InChI is InChI=1S/C13H22O2/c1-11(2)4-5-13-7-12(13,3)8(6-14)9(11)10(13)15/h8-10,14-15H,4-7H2,1-3H3/t8-,9+,10?,12-,13-/m0/s1. The minimum absolute atomic E-state index is 0.164. The van der Waals surface area contributed by atoms with Crippen molar-refractivity contribution in [2.45, 2.75) is 46.1 Å². The smallest absolute Gasteiger partial charge is 0.0638 e. The van der Waals surface area contributed by atoms with E-state index in [0.29, 0.717) is 11.8 Å². The zero-order valence-corrected chi connectivity index (χ0v) is 9.95. The van der Waals surface area contributed by atoms with E-state index < -0.39 is 0 Å². The zero-order chi connectivity index (χ0) is 11.1. The molecule has 2 nitrogen and oxygen atoms in total. The minimum Gasteiger partial charge on any atom is -0.396 e. The maximum Gasteiger partial charge on any atom is 0.0638 e. The highest BCUT2D eigenvalue weighted by Gasteiger charge is 2.80. The molecule has 0 aromatic rings. The van der Waals surface area contributed by atoms with Crippen LogP contribution in [-0.4, -0.2) is 22.9 Å². The molecule has 3 rings (SSSR count). The van der Waals surface area contributed by atoms with E-state index in [9.17, 15) is 10.2 Å². The van der Waals surface area contributed by atoms with E-state index in [0.717, 1.165) is 12.8 Å². The van der Waals surface area contributed by atoms with Gasteiger partial charge in [0.2, 0.25) is 0 Å². The number of fused-ring (bicyclic) bond motifs is 1. The SMILES string of the molecule is CC1(C)CC[C@@]23C[C@@]2(C)[C@@H](CO)[C@@H]1C3O. The fourth-order valence-electron chi connectivity index (χ4n) is 5.03. The summed E-state index contributed by atoms with van der Waals surface area (Å²) in [6, 6.07) is 0. The van der Waals surface area contributed by atoms with Gasteiger partial charge in [-0.25, -0.2) is 0 Å². The molecule has 0 aliphatic heterocycles. The lowest BCUT2D eigenvalue weighted by molar-refractivity contribution is -0.0572. The minimum atomic E-state index is -0.164. The third kappa shape index (κ3) is 0.861. The molecule has 0 amide bonds. The first kappa shape index (κ1) is 10.1. The van der Waals surface area contributed by atoms with Gasteiger partial charge in [0, 0.05) is 12.0 Å². The Labute approximate surface area is 91.7 Å². The molecule has 3 saturated carbocycles. The highest BCUT2D eigenvalue weighted by molar-refractivity contribution is 5.29. The monoisotopic (exact) mass is 210 g/mol. The van der Waals surface area contributed by atoms with Crippen LogP contribution in [0.1, 0.15) is 40.0 Å². The number of hydrogen-bond acceptors (Lipinski definition) is 2.